The number of hydrogen-bond acceptors (Lipinski definition) is 3. The van der Waals surface area contributed by atoms with Gasteiger partial charge in [-0.05, 0) is 31.4 Å². The first-order chi connectivity index (χ1) is 7.14. The number of aryl methyl sites for hydroxylation is 1. The molecule has 16 heavy (non-hydrogen) atoms. The van der Waals surface area contributed by atoms with Gasteiger partial charge in [-0.3, -0.25) is 0 Å². The van der Waals surface area contributed by atoms with E-state index in [1.54, 1.807) is 7.11 Å². The Morgan fingerprint density at radius 3 is 2.62 bits per heavy atom. The highest BCUT2D eigenvalue weighted by molar-refractivity contribution is 5.85. The maximum Gasteiger partial charge on any atom is 0.164 e. The van der Waals surface area contributed by atoms with Crippen LogP contribution in [0.4, 0.5) is 0 Å². The van der Waals surface area contributed by atoms with Crippen molar-refractivity contribution < 1.29 is 9.47 Å². The summed E-state index contributed by atoms with van der Waals surface area (Å²) in [7, 11) is 1.65. The Bertz CT molecular complexity index is 364. The van der Waals surface area contributed by atoms with Gasteiger partial charge in [-0.25, -0.2) is 0 Å². The zero-order valence-electron chi connectivity index (χ0n) is 9.66. The van der Waals surface area contributed by atoms with E-state index in [1.807, 2.05) is 25.1 Å². The Kier molecular flexibility index (Phi) is 4.05. The molecule has 0 heterocycles. The molecule has 1 fully saturated rings. The largest absolute Gasteiger partial charge is 0.493 e. The van der Waals surface area contributed by atoms with Crippen molar-refractivity contribution in [2.75, 3.05) is 13.7 Å². The molecule has 1 saturated carbocycles. The molecule has 1 aromatic rings. The van der Waals surface area contributed by atoms with Crippen LogP contribution in [0.2, 0.25) is 0 Å². The molecule has 0 spiro atoms. The summed E-state index contributed by atoms with van der Waals surface area (Å²) in [4.78, 5) is 0. The third-order valence-corrected chi connectivity index (χ3v) is 2.79. The summed E-state index contributed by atoms with van der Waals surface area (Å²) in [6.07, 6.45) is 2.11. The summed E-state index contributed by atoms with van der Waals surface area (Å²) in [5, 5.41) is 0. The molecule has 3 nitrogen and oxygen atoms in total. The van der Waals surface area contributed by atoms with Gasteiger partial charge in [0.05, 0.1) is 12.6 Å². The van der Waals surface area contributed by atoms with E-state index in [2.05, 4.69) is 0 Å². The zero-order chi connectivity index (χ0) is 10.9. The molecule has 2 rings (SSSR count). The van der Waals surface area contributed by atoms with E-state index >= 15 is 0 Å². The van der Waals surface area contributed by atoms with Crippen molar-refractivity contribution in [3.05, 3.63) is 23.8 Å². The van der Waals surface area contributed by atoms with E-state index in [0.717, 1.165) is 29.9 Å². The quantitative estimate of drug-likeness (QED) is 0.883. The van der Waals surface area contributed by atoms with Crippen molar-refractivity contribution in [3.8, 4) is 11.5 Å². The van der Waals surface area contributed by atoms with Crippen LogP contribution < -0.4 is 15.2 Å². The van der Waals surface area contributed by atoms with E-state index in [-0.39, 0.29) is 17.9 Å². The van der Waals surface area contributed by atoms with Crippen molar-refractivity contribution >= 4 is 12.4 Å². The number of benzene rings is 1. The molecule has 4 heteroatoms. The lowest BCUT2D eigenvalue weighted by Crippen LogP contribution is -2.30. The number of nitrogens with two attached hydrogens (primary N) is 1. The first-order valence-corrected chi connectivity index (χ1v) is 5.20. The lowest BCUT2D eigenvalue weighted by Gasteiger charge is -2.15. The maximum atomic E-state index is 5.97. The summed E-state index contributed by atoms with van der Waals surface area (Å²) >= 11 is 0. The van der Waals surface area contributed by atoms with Gasteiger partial charge in [-0.15, -0.1) is 12.4 Å². The fraction of sp³-hybridized carbons (Fsp3) is 0.500. The van der Waals surface area contributed by atoms with Crippen LogP contribution in [-0.2, 0) is 0 Å². The molecular weight excluding hydrogens is 226 g/mol. The monoisotopic (exact) mass is 243 g/mol. The topological polar surface area (TPSA) is 44.5 Å². The van der Waals surface area contributed by atoms with Crippen molar-refractivity contribution in [2.45, 2.75) is 25.3 Å². The average molecular weight is 244 g/mol. The van der Waals surface area contributed by atoms with Gasteiger partial charge in [0.25, 0.3) is 0 Å². The molecule has 90 valence electrons. The number of methoxy groups -OCH3 is 1. The smallest absolute Gasteiger partial charge is 0.164 e. The second-order valence-corrected chi connectivity index (χ2v) is 4.26. The second kappa shape index (κ2) is 4.93. The number of ether oxygens (including phenoxy) is 2. The van der Waals surface area contributed by atoms with Gasteiger partial charge in [-0.2, -0.15) is 0 Å². The van der Waals surface area contributed by atoms with Crippen LogP contribution in [0.1, 0.15) is 18.4 Å². The Hall–Kier alpha value is -0.930. The summed E-state index contributed by atoms with van der Waals surface area (Å²) in [5.41, 5.74) is 6.96. The van der Waals surface area contributed by atoms with E-state index in [4.69, 9.17) is 15.2 Å². The van der Waals surface area contributed by atoms with Crippen molar-refractivity contribution in [1.82, 2.24) is 0 Å². The van der Waals surface area contributed by atoms with E-state index in [9.17, 15) is 0 Å². The van der Waals surface area contributed by atoms with Crippen LogP contribution in [-0.4, -0.2) is 19.3 Å². The number of para-hydroxylation sites is 1. The number of halogens is 1. The highest BCUT2D eigenvalue weighted by atomic mass is 35.5. The first kappa shape index (κ1) is 13.1. The predicted octanol–water partition coefficient (Wildman–Crippen LogP) is 2.30. The van der Waals surface area contributed by atoms with Crippen LogP contribution in [0.15, 0.2) is 18.2 Å². The molecule has 0 radical (unpaired) electrons. The van der Waals surface area contributed by atoms with Crippen molar-refractivity contribution in [3.63, 3.8) is 0 Å². The summed E-state index contributed by atoms with van der Waals surface area (Å²) in [6, 6.07) is 5.86. The van der Waals surface area contributed by atoms with Crippen LogP contribution in [0, 0.1) is 6.92 Å². The van der Waals surface area contributed by atoms with E-state index < -0.39 is 0 Å². The maximum absolute atomic E-state index is 5.97. The third-order valence-electron chi connectivity index (χ3n) is 2.79. The molecule has 0 amide bonds. The zero-order valence-corrected chi connectivity index (χ0v) is 10.5. The van der Waals surface area contributed by atoms with Gasteiger partial charge in [0.2, 0.25) is 0 Å². The SMILES string of the molecule is COc1cccc(C)c1OCC1(N)CC1.Cl. The molecular formula is C12H18ClNO2. The summed E-state index contributed by atoms with van der Waals surface area (Å²) in [5.74, 6) is 1.59. The average Bonchev–Trinajstić information content (AvgIpc) is 2.95. The minimum absolute atomic E-state index is 0. The number of hydrogen-bond donors (Lipinski definition) is 1. The van der Waals surface area contributed by atoms with Gasteiger partial charge >= 0.3 is 0 Å². The van der Waals surface area contributed by atoms with Crippen molar-refractivity contribution in [2.24, 2.45) is 5.73 Å². The molecule has 2 N–H and O–H groups in total. The molecule has 1 aliphatic rings. The lowest BCUT2D eigenvalue weighted by atomic mass is 10.2. The van der Waals surface area contributed by atoms with Gasteiger partial charge in [0.1, 0.15) is 6.61 Å². The lowest BCUT2D eigenvalue weighted by molar-refractivity contribution is 0.262. The van der Waals surface area contributed by atoms with E-state index in [0.29, 0.717) is 6.61 Å². The molecule has 0 aliphatic heterocycles. The van der Waals surface area contributed by atoms with Gasteiger partial charge < -0.3 is 15.2 Å². The van der Waals surface area contributed by atoms with Gasteiger partial charge in [0.15, 0.2) is 11.5 Å². The third kappa shape index (κ3) is 2.80. The fourth-order valence-electron chi connectivity index (χ4n) is 1.49. The Morgan fingerprint density at radius 1 is 1.38 bits per heavy atom. The van der Waals surface area contributed by atoms with Gasteiger partial charge in [0, 0.05) is 0 Å². The molecule has 0 unspecified atom stereocenters. The predicted molar refractivity (Wildman–Crippen MR) is 66.6 cm³/mol. The molecule has 0 atom stereocenters. The van der Waals surface area contributed by atoms with Crippen LogP contribution in [0.3, 0.4) is 0 Å². The van der Waals surface area contributed by atoms with Crippen molar-refractivity contribution in [1.29, 1.82) is 0 Å². The van der Waals surface area contributed by atoms with Gasteiger partial charge in [-0.1, -0.05) is 12.1 Å². The standard InChI is InChI=1S/C12H17NO2.ClH/c1-9-4-3-5-10(14-2)11(9)15-8-12(13)6-7-12;/h3-5H,6-8,13H2,1-2H3;1H. The molecule has 0 aromatic heterocycles. The van der Waals surface area contributed by atoms with Crippen LogP contribution >= 0.6 is 12.4 Å². The Labute approximate surface area is 102 Å². The fourth-order valence-corrected chi connectivity index (χ4v) is 1.49. The minimum atomic E-state index is -0.0900. The Morgan fingerprint density at radius 2 is 2.06 bits per heavy atom. The highest BCUT2D eigenvalue weighted by Crippen LogP contribution is 2.36. The van der Waals surface area contributed by atoms with E-state index in [1.165, 1.54) is 0 Å². The summed E-state index contributed by atoms with van der Waals surface area (Å²) in [6.45, 7) is 2.59. The second-order valence-electron chi connectivity index (χ2n) is 4.26. The molecule has 0 saturated heterocycles. The minimum Gasteiger partial charge on any atom is -0.493 e. The molecule has 1 aromatic carbocycles. The van der Waals surface area contributed by atoms with Crippen LogP contribution in [0.25, 0.3) is 0 Å². The summed E-state index contributed by atoms with van der Waals surface area (Å²) < 4.78 is 11.0. The molecule has 1 aliphatic carbocycles. The first-order valence-electron chi connectivity index (χ1n) is 5.20. The highest BCUT2D eigenvalue weighted by Gasteiger charge is 2.39. The Balaban J connectivity index is 0.00000128. The number of rotatable bonds is 4. The molecule has 0 bridgehead atoms. The normalized spacial score (nSPS) is 16.2. The van der Waals surface area contributed by atoms with Crippen LogP contribution in [0.5, 0.6) is 11.5 Å².